The molecule has 0 fully saturated rings. The number of benzene rings is 5. The number of aryl methyl sites for hydroxylation is 1. The normalized spacial score (nSPS) is 24.0. The SMILES string of the molecule is C1=Cc2oc3c(c2CC1)C=C(c1ccc2c(c1)C1(c4ccccc4-2)c2ccccc2C2CC4C(=CC21)c1ccccc1-c1ccccc14)CC3. The molecule has 50 heavy (non-hydrogen) atoms. The van der Waals surface area contributed by atoms with Crippen molar-refractivity contribution in [3.63, 3.8) is 0 Å². The topological polar surface area (TPSA) is 13.1 Å². The Hall–Kier alpha value is -5.40. The molecule has 1 spiro atoms. The Labute approximate surface area is 293 Å². The van der Waals surface area contributed by atoms with E-state index in [0.717, 1.165) is 37.9 Å². The summed E-state index contributed by atoms with van der Waals surface area (Å²) in [5, 5.41) is 0. The van der Waals surface area contributed by atoms with Gasteiger partial charge in [0.15, 0.2) is 0 Å². The summed E-state index contributed by atoms with van der Waals surface area (Å²) in [4.78, 5) is 0. The lowest BCUT2D eigenvalue weighted by Crippen LogP contribution is -2.35. The van der Waals surface area contributed by atoms with Crippen LogP contribution in [-0.2, 0) is 18.3 Å². The van der Waals surface area contributed by atoms with Crippen LogP contribution in [0.25, 0.3) is 45.6 Å². The Morgan fingerprint density at radius 1 is 0.620 bits per heavy atom. The van der Waals surface area contributed by atoms with E-state index in [1.165, 1.54) is 89.2 Å². The third-order valence-corrected chi connectivity index (χ3v) is 13.2. The first-order chi connectivity index (χ1) is 24.8. The van der Waals surface area contributed by atoms with Crippen LogP contribution in [0.3, 0.4) is 0 Å². The van der Waals surface area contributed by atoms with Gasteiger partial charge >= 0.3 is 0 Å². The van der Waals surface area contributed by atoms with Crippen LogP contribution in [0.15, 0.2) is 132 Å². The molecule has 0 bridgehead atoms. The molecule has 1 aromatic heterocycles. The maximum absolute atomic E-state index is 6.36. The highest BCUT2D eigenvalue weighted by Crippen LogP contribution is 2.69. The summed E-state index contributed by atoms with van der Waals surface area (Å²) in [6, 6.07) is 44.6. The molecule has 1 heterocycles. The summed E-state index contributed by atoms with van der Waals surface area (Å²) < 4.78 is 6.36. The minimum absolute atomic E-state index is 0.243. The molecule has 1 nitrogen and oxygen atoms in total. The molecule has 1 heteroatoms. The number of hydrogen-bond donors (Lipinski definition) is 0. The molecular weight excluding hydrogens is 605 g/mol. The van der Waals surface area contributed by atoms with Crippen LogP contribution in [0, 0.1) is 5.92 Å². The van der Waals surface area contributed by atoms with Gasteiger partial charge in [0.25, 0.3) is 0 Å². The van der Waals surface area contributed by atoms with Crippen LogP contribution >= 0.6 is 0 Å². The average molecular weight is 641 g/mol. The smallest absolute Gasteiger partial charge is 0.130 e. The number of furan rings is 1. The van der Waals surface area contributed by atoms with E-state index in [4.69, 9.17) is 4.42 Å². The molecule has 12 rings (SSSR count). The third kappa shape index (κ3) is 3.38. The van der Waals surface area contributed by atoms with Crippen LogP contribution < -0.4 is 0 Å². The second-order valence-corrected chi connectivity index (χ2v) is 15.3. The lowest BCUT2D eigenvalue weighted by molar-refractivity contribution is 0.389. The fraction of sp³-hybridized carbons (Fsp3) is 0.184. The van der Waals surface area contributed by atoms with Gasteiger partial charge < -0.3 is 4.42 Å². The average Bonchev–Trinajstić information content (AvgIpc) is 3.80. The number of fused-ring (bicyclic) bond motifs is 19. The molecule has 4 atom stereocenters. The van der Waals surface area contributed by atoms with Gasteiger partial charge in [0.2, 0.25) is 0 Å². The molecular formula is C49H36O. The van der Waals surface area contributed by atoms with Gasteiger partial charge in [0.05, 0.1) is 5.41 Å². The van der Waals surface area contributed by atoms with Gasteiger partial charge in [-0.05, 0) is 122 Å². The van der Waals surface area contributed by atoms with Gasteiger partial charge in [-0.15, -0.1) is 0 Å². The van der Waals surface area contributed by atoms with Crippen molar-refractivity contribution in [3.05, 3.63) is 189 Å². The van der Waals surface area contributed by atoms with Crippen LogP contribution in [0.4, 0.5) is 0 Å². The molecule has 6 aliphatic rings. The second-order valence-electron chi connectivity index (χ2n) is 15.3. The Balaban J connectivity index is 1.10. The monoisotopic (exact) mass is 640 g/mol. The van der Waals surface area contributed by atoms with E-state index in [9.17, 15) is 0 Å². The summed E-state index contributed by atoms with van der Waals surface area (Å²) in [5.74, 6) is 3.39. The highest BCUT2D eigenvalue weighted by Gasteiger charge is 2.59. The molecule has 0 aliphatic heterocycles. The number of hydrogen-bond acceptors (Lipinski definition) is 1. The van der Waals surface area contributed by atoms with E-state index in [1.54, 1.807) is 0 Å². The van der Waals surface area contributed by atoms with Gasteiger partial charge in [-0.25, -0.2) is 0 Å². The zero-order valence-corrected chi connectivity index (χ0v) is 28.0. The first-order valence-electron chi connectivity index (χ1n) is 18.6. The van der Waals surface area contributed by atoms with Gasteiger partial charge in [0.1, 0.15) is 11.5 Å². The van der Waals surface area contributed by atoms with Crippen molar-refractivity contribution in [2.24, 2.45) is 5.92 Å². The largest absolute Gasteiger partial charge is 0.461 e. The fourth-order valence-electron chi connectivity index (χ4n) is 11.2. The van der Waals surface area contributed by atoms with E-state index in [1.807, 2.05) is 0 Å². The van der Waals surface area contributed by atoms with E-state index in [-0.39, 0.29) is 5.41 Å². The molecule has 5 aromatic carbocycles. The summed E-state index contributed by atoms with van der Waals surface area (Å²) in [7, 11) is 0. The quantitative estimate of drug-likeness (QED) is 0.174. The molecule has 0 amide bonds. The van der Waals surface area contributed by atoms with Gasteiger partial charge in [-0.2, -0.15) is 0 Å². The highest BCUT2D eigenvalue weighted by molar-refractivity contribution is 5.94. The Morgan fingerprint density at radius 3 is 2.26 bits per heavy atom. The standard InChI is InChI=1S/C49H36O/c1-3-13-33-31(11-1)32-12-2-4-14-34(32)40-28-46-41(27-39(33)40)36-16-6-9-19-44(36)49(46)43-18-8-5-15-35(43)37-23-21-30(26-45(37)49)29-22-24-48-42(25-29)38-17-7-10-20-47(38)50-48/h1-6,8-16,18-21,23,25-26,28,39,41,46H,7,17,22,24,27H2. The molecule has 238 valence electrons. The first kappa shape index (κ1) is 27.4. The summed E-state index contributed by atoms with van der Waals surface area (Å²) in [6.07, 6.45) is 14.9. The Bertz CT molecular complexity index is 2550. The van der Waals surface area contributed by atoms with Crippen LogP contribution in [0.1, 0.15) is 92.7 Å². The first-order valence-corrected chi connectivity index (χ1v) is 18.6. The van der Waals surface area contributed by atoms with Crippen LogP contribution in [-0.4, -0.2) is 0 Å². The number of rotatable bonds is 1. The van der Waals surface area contributed by atoms with E-state index in [2.05, 4.69) is 140 Å². The van der Waals surface area contributed by atoms with Crippen molar-refractivity contribution in [3.8, 4) is 22.3 Å². The summed E-state index contributed by atoms with van der Waals surface area (Å²) >= 11 is 0. The highest BCUT2D eigenvalue weighted by atomic mass is 16.3. The van der Waals surface area contributed by atoms with Crippen molar-refractivity contribution in [2.75, 3.05) is 0 Å². The zero-order valence-electron chi connectivity index (χ0n) is 28.0. The van der Waals surface area contributed by atoms with Gasteiger partial charge in [0, 0.05) is 29.4 Å². The zero-order chi connectivity index (χ0) is 32.6. The second kappa shape index (κ2) is 9.86. The van der Waals surface area contributed by atoms with Gasteiger partial charge in [-0.3, -0.25) is 0 Å². The van der Waals surface area contributed by atoms with Crippen molar-refractivity contribution in [1.29, 1.82) is 0 Å². The lowest BCUT2D eigenvalue weighted by Gasteiger charge is -2.43. The van der Waals surface area contributed by atoms with Crippen molar-refractivity contribution < 1.29 is 4.42 Å². The third-order valence-electron chi connectivity index (χ3n) is 13.2. The van der Waals surface area contributed by atoms with E-state index < -0.39 is 0 Å². The Kier molecular flexibility index (Phi) is 5.41. The van der Waals surface area contributed by atoms with Crippen molar-refractivity contribution in [2.45, 2.75) is 49.4 Å². The number of allylic oxidation sites excluding steroid dienone is 4. The van der Waals surface area contributed by atoms with Crippen molar-refractivity contribution >= 4 is 23.3 Å². The molecule has 0 saturated carbocycles. The van der Waals surface area contributed by atoms with Crippen molar-refractivity contribution in [1.82, 2.24) is 0 Å². The van der Waals surface area contributed by atoms with Gasteiger partial charge in [-0.1, -0.05) is 121 Å². The van der Waals surface area contributed by atoms with E-state index in [0.29, 0.717) is 17.8 Å². The van der Waals surface area contributed by atoms with Crippen LogP contribution in [0.5, 0.6) is 0 Å². The molecule has 6 aliphatic carbocycles. The maximum Gasteiger partial charge on any atom is 0.130 e. The summed E-state index contributed by atoms with van der Waals surface area (Å²) in [6.45, 7) is 0. The minimum atomic E-state index is -0.243. The summed E-state index contributed by atoms with van der Waals surface area (Å²) in [5.41, 5.74) is 21.3. The molecule has 0 radical (unpaired) electrons. The molecule has 4 unspecified atom stereocenters. The predicted octanol–water partition coefficient (Wildman–Crippen LogP) is 12.0. The lowest BCUT2D eigenvalue weighted by atomic mass is 9.59. The fourth-order valence-corrected chi connectivity index (χ4v) is 11.2. The molecule has 0 N–H and O–H groups in total. The van der Waals surface area contributed by atoms with E-state index >= 15 is 0 Å². The Morgan fingerprint density at radius 2 is 1.36 bits per heavy atom. The maximum atomic E-state index is 6.36. The van der Waals surface area contributed by atoms with Crippen LogP contribution in [0.2, 0.25) is 0 Å². The predicted molar refractivity (Wildman–Crippen MR) is 204 cm³/mol. The minimum Gasteiger partial charge on any atom is -0.461 e. The molecule has 0 saturated heterocycles. The molecule has 6 aromatic rings.